The predicted octanol–water partition coefficient (Wildman–Crippen LogP) is 3.38. The van der Waals surface area contributed by atoms with Crippen LogP contribution in [0.15, 0.2) is 59.6 Å². The molecule has 0 saturated carbocycles. The van der Waals surface area contributed by atoms with Crippen molar-refractivity contribution in [2.24, 2.45) is 4.99 Å². The van der Waals surface area contributed by atoms with Crippen LogP contribution in [0.4, 0.5) is 16.0 Å². The molecule has 202 valence electrons. The monoisotopic (exact) mass is 549 g/mol. The fraction of sp³-hybridized carbons (Fsp3) is 0.296. The molecule has 2 aromatic carbocycles. The SMILES string of the molecule is Cc1cc(C)nc(N/C(=N/C(=S)Nc2ccc(F)cc2)N2CCN(C(=O)C3COc4ccccc4O3)CC2)n1. The summed E-state index contributed by atoms with van der Waals surface area (Å²) in [6.07, 6.45) is -0.700. The molecule has 0 aliphatic carbocycles. The van der Waals surface area contributed by atoms with Crippen molar-refractivity contribution < 1.29 is 18.7 Å². The lowest BCUT2D eigenvalue weighted by molar-refractivity contribution is -0.142. The minimum absolute atomic E-state index is 0.123. The van der Waals surface area contributed by atoms with Gasteiger partial charge in [0.2, 0.25) is 23.1 Å². The average molecular weight is 550 g/mol. The first-order valence-corrected chi connectivity index (χ1v) is 12.9. The molecule has 1 unspecified atom stereocenters. The molecule has 1 saturated heterocycles. The third-order valence-corrected chi connectivity index (χ3v) is 6.38. The van der Waals surface area contributed by atoms with Crippen LogP contribution < -0.4 is 20.1 Å². The molecule has 12 heteroatoms. The highest BCUT2D eigenvalue weighted by atomic mass is 32.1. The number of ether oxygens (including phenoxy) is 2. The molecular weight excluding hydrogens is 521 g/mol. The van der Waals surface area contributed by atoms with Gasteiger partial charge in [0, 0.05) is 43.3 Å². The fourth-order valence-electron chi connectivity index (χ4n) is 4.32. The summed E-state index contributed by atoms with van der Waals surface area (Å²) >= 11 is 5.47. The lowest BCUT2D eigenvalue weighted by Crippen LogP contribution is -2.56. The van der Waals surface area contributed by atoms with E-state index in [0.717, 1.165) is 11.4 Å². The molecule has 0 spiro atoms. The Morgan fingerprint density at radius 2 is 1.62 bits per heavy atom. The van der Waals surface area contributed by atoms with Crippen molar-refractivity contribution in [3.05, 3.63) is 71.8 Å². The van der Waals surface area contributed by atoms with Crippen molar-refractivity contribution >= 4 is 40.8 Å². The molecule has 1 aromatic heterocycles. The van der Waals surface area contributed by atoms with Crippen molar-refractivity contribution in [1.29, 1.82) is 0 Å². The molecule has 2 aliphatic heterocycles. The Hall–Kier alpha value is -4.32. The number of rotatable bonds is 3. The lowest BCUT2D eigenvalue weighted by atomic mass is 10.2. The zero-order valence-electron chi connectivity index (χ0n) is 21.6. The lowest BCUT2D eigenvalue weighted by Gasteiger charge is -2.38. The molecule has 0 radical (unpaired) electrons. The van der Waals surface area contributed by atoms with E-state index < -0.39 is 6.10 Å². The second kappa shape index (κ2) is 11.6. The highest BCUT2D eigenvalue weighted by Crippen LogP contribution is 2.31. The first kappa shape index (κ1) is 26.3. The Morgan fingerprint density at radius 1 is 0.974 bits per heavy atom. The van der Waals surface area contributed by atoms with Crippen LogP contribution in [0.5, 0.6) is 11.5 Å². The van der Waals surface area contributed by atoms with E-state index in [1.54, 1.807) is 23.1 Å². The third kappa shape index (κ3) is 6.58. The van der Waals surface area contributed by atoms with Crippen LogP contribution in [-0.2, 0) is 4.79 Å². The zero-order valence-corrected chi connectivity index (χ0v) is 22.4. The van der Waals surface area contributed by atoms with Crippen molar-refractivity contribution in [2.45, 2.75) is 20.0 Å². The largest absolute Gasteiger partial charge is 0.485 e. The summed E-state index contributed by atoms with van der Waals surface area (Å²) in [7, 11) is 0. The fourth-order valence-corrected chi connectivity index (χ4v) is 4.53. The molecule has 5 rings (SSSR count). The summed E-state index contributed by atoms with van der Waals surface area (Å²) in [6, 6.07) is 15.0. The van der Waals surface area contributed by atoms with Crippen molar-refractivity contribution in [1.82, 2.24) is 19.8 Å². The third-order valence-electron chi connectivity index (χ3n) is 6.18. The molecule has 1 amide bonds. The van der Waals surface area contributed by atoms with Gasteiger partial charge in [0.25, 0.3) is 5.91 Å². The minimum Gasteiger partial charge on any atom is -0.485 e. The molecular formula is C27H28FN7O3S. The maximum Gasteiger partial charge on any atom is 0.267 e. The number of aryl methyl sites for hydroxylation is 2. The summed E-state index contributed by atoms with van der Waals surface area (Å²) in [4.78, 5) is 30.4. The second-order valence-corrected chi connectivity index (χ2v) is 9.54. The number of nitrogens with one attached hydrogen (secondary N) is 2. The van der Waals surface area contributed by atoms with Gasteiger partial charge in [0.1, 0.15) is 12.4 Å². The standard InChI is InChI=1S/C27H28FN7O3S/c1-17-15-18(2)30-25(29-17)32-26(33-27(39)31-20-9-7-19(28)8-10-20)35-13-11-34(12-14-35)24(36)23-16-37-21-5-3-4-6-22(21)38-23/h3-10,15,23H,11-14,16H2,1-2H3,(H2,29,30,31,32,33,39). The van der Waals surface area contributed by atoms with Crippen molar-refractivity contribution in [2.75, 3.05) is 43.4 Å². The highest BCUT2D eigenvalue weighted by Gasteiger charge is 2.33. The number of hydrogen-bond acceptors (Lipinski definition) is 6. The Balaban J connectivity index is 1.28. The van der Waals surface area contributed by atoms with Gasteiger partial charge in [-0.05, 0) is 68.5 Å². The van der Waals surface area contributed by atoms with Crippen LogP contribution >= 0.6 is 12.2 Å². The molecule has 3 aromatic rings. The van der Waals surface area contributed by atoms with Gasteiger partial charge < -0.3 is 24.6 Å². The number of anilines is 2. The van der Waals surface area contributed by atoms with Gasteiger partial charge in [-0.3, -0.25) is 10.1 Å². The number of guanidine groups is 1. The number of thiocarbonyl (C=S) groups is 1. The molecule has 10 nitrogen and oxygen atoms in total. The smallest absolute Gasteiger partial charge is 0.267 e. The van der Waals surface area contributed by atoms with E-state index >= 15 is 0 Å². The molecule has 1 atom stereocenters. The number of carbonyl (C=O) groups is 1. The summed E-state index contributed by atoms with van der Waals surface area (Å²) < 4.78 is 24.9. The first-order valence-electron chi connectivity index (χ1n) is 12.5. The van der Waals surface area contributed by atoms with Crippen LogP contribution in [0.2, 0.25) is 0 Å². The van der Waals surface area contributed by atoms with E-state index in [1.807, 2.05) is 43.0 Å². The van der Waals surface area contributed by atoms with E-state index in [-0.39, 0.29) is 23.4 Å². The predicted molar refractivity (Wildman–Crippen MR) is 150 cm³/mol. The number of fused-ring (bicyclic) bond motifs is 1. The van der Waals surface area contributed by atoms with Gasteiger partial charge in [0.05, 0.1) is 0 Å². The molecule has 2 N–H and O–H groups in total. The molecule has 39 heavy (non-hydrogen) atoms. The normalized spacial score (nSPS) is 17.0. The van der Waals surface area contributed by atoms with Gasteiger partial charge in [-0.25, -0.2) is 14.4 Å². The number of nitrogens with zero attached hydrogens (tertiary/aromatic N) is 5. The van der Waals surface area contributed by atoms with Crippen LogP contribution in [0.1, 0.15) is 11.4 Å². The summed E-state index contributed by atoms with van der Waals surface area (Å²) in [5, 5.41) is 6.37. The highest BCUT2D eigenvalue weighted by molar-refractivity contribution is 7.80. The first-order chi connectivity index (χ1) is 18.8. The molecule has 1 fully saturated rings. The number of piperazine rings is 1. The van der Waals surface area contributed by atoms with Crippen LogP contribution in [0.25, 0.3) is 0 Å². The average Bonchev–Trinajstić information content (AvgIpc) is 2.93. The summed E-state index contributed by atoms with van der Waals surface area (Å²) in [5.41, 5.74) is 2.23. The van der Waals surface area contributed by atoms with E-state index in [1.165, 1.54) is 12.1 Å². The Labute approximate surface area is 230 Å². The van der Waals surface area contributed by atoms with E-state index in [9.17, 15) is 9.18 Å². The summed E-state index contributed by atoms with van der Waals surface area (Å²) in [5.74, 6) is 1.57. The van der Waals surface area contributed by atoms with Gasteiger partial charge in [-0.15, -0.1) is 0 Å². The molecule has 2 aliphatic rings. The topological polar surface area (TPSA) is 104 Å². The van der Waals surface area contributed by atoms with E-state index in [2.05, 4.69) is 25.6 Å². The van der Waals surface area contributed by atoms with Gasteiger partial charge in [0.15, 0.2) is 11.5 Å². The molecule has 0 bridgehead atoms. The van der Waals surface area contributed by atoms with Gasteiger partial charge in [-0.2, -0.15) is 4.99 Å². The van der Waals surface area contributed by atoms with E-state index in [0.29, 0.717) is 55.3 Å². The number of carbonyl (C=O) groups excluding carboxylic acids is 1. The number of hydrogen-bond donors (Lipinski definition) is 2. The zero-order chi connectivity index (χ0) is 27.4. The Kier molecular flexibility index (Phi) is 7.82. The van der Waals surface area contributed by atoms with Crippen LogP contribution in [0.3, 0.4) is 0 Å². The van der Waals surface area contributed by atoms with Crippen molar-refractivity contribution in [3.8, 4) is 11.5 Å². The Morgan fingerprint density at radius 3 is 2.31 bits per heavy atom. The summed E-state index contributed by atoms with van der Waals surface area (Å²) in [6.45, 7) is 5.82. The number of para-hydroxylation sites is 2. The van der Waals surface area contributed by atoms with Crippen molar-refractivity contribution in [3.63, 3.8) is 0 Å². The minimum atomic E-state index is -0.700. The quantitative estimate of drug-likeness (QED) is 0.289. The maximum atomic E-state index is 13.3. The van der Waals surface area contributed by atoms with Crippen LogP contribution in [0, 0.1) is 19.7 Å². The number of aromatic nitrogens is 2. The number of amides is 1. The number of benzene rings is 2. The van der Waals surface area contributed by atoms with Gasteiger partial charge >= 0.3 is 0 Å². The van der Waals surface area contributed by atoms with Crippen LogP contribution in [-0.4, -0.2) is 75.6 Å². The second-order valence-electron chi connectivity index (χ2n) is 9.15. The number of aliphatic imine (C=N–C) groups is 1. The number of halogens is 1. The Bertz CT molecular complexity index is 1370. The maximum absolute atomic E-state index is 13.3. The molecule has 3 heterocycles. The van der Waals surface area contributed by atoms with E-state index in [4.69, 9.17) is 21.7 Å². The van der Waals surface area contributed by atoms with Gasteiger partial charge in [-0.1, -0.05) is 12.1 Å².